The zero-order chi connectivity index (χ0) is 23.9. The van der Waals surface area contributed by atoms with Gasteiger partial charge in [0.25, 0.3) is 5.91 Å². The number of carbonyl (C=O) groups excluding carboxylic acids is 3. The van der Waals surface area contributed by atoms with Crippen molar-refractivity contribution >= 4 is 40.3 Å². The summed E-state index contributed by atoms with van der Waals surface area (Å²) in [6, 6.07) is 13.2. The van der Waals surface area contributed by atoms with Crippen LogP contribution in [-0.4, -0.2) is 47.6 Å². The number of imide groups is 1. The van der Waals surface area contributed by atoms with E-state index in [0.29, 0.717) is 54.4 Å². The zero-order valence-corrected chi connectivity index (χ0v) is 18.9. The lowest BCUT2D eigenvalue weighted by Crippen LogP contribution is -2.35. The molecule has 0 saturated carbocycles. The van der Waals surface area contributed by atoms with Crippen molar-refractivity contribution in [2.24, 2.45) is 0 Å². The summed E-state index contributed by atoms with van der Waals surface area (Å²) in [5, 5.41) is 0.685. The minimum Gasteiger partial charge on any atom is -0.454 e. The number of amides is 2. The number of carbonyl (C=O) groups is 3. The van der Waals surface area contributed by atoms with E-state index >= 15 is 0 Å². The number of para-hydroxylation sites is 1. The van der Waals surface area contributed by atoms with Gasteiger partial charge in [-0.2, -0.15) is 0 Å². The number of benzene rings is 2. The van der Waals surface area contributed by atoms with Crippen molar-refractivity contribution in [3.63, 3.8) is 0 Å². The van der Waals surface area contributed by atoms with Gasteiger partial charge in [0.1, 0.15) is 0 Å². The van der Waals surface area contributed by atoms with Crippen molar-refractivity contribution in [3.8, 4) is 11.5 Å². The van der Waals surface area contributed by atoms with Crippen LogP contribution in [0.2, 0.25) is 0 Å². The molecule has 35 heavy (non-hydrogen) atoms. The first-order valence-corrected chi connectivity index (χ1v) is 11.6. The van der Waals surface area contributed by atoms with Crippen LogP contribution in [0.4, 0.5) is 0 Å². The fourth-order valence-corrected chi connectivity index (χ4v) is 4.91. The average Bonchev–Trinajstić information content (AvgIpc) is 3.61. The minimum absolute atomic E-state index is 0.214. The Labute approximate surface area is 201 Å². The van der Waals surface area contributed by atoms with Gasteiger partial charge in [0.15, 0.2) is 18.1 Å². The van der Waals surface area contributed by atoms with Gasteiger partial charge in [0, 0.05) is 18.4 Å². The van der Waals surface area contributed by atoms with E-state index in [1.807, 2.05) is 48.5 Å². The van der Waals surface area contributed by atoms with E-state index in [-0.39, 0.29) is 12.7 Å². The third kappa shape index (κ3) is 3.80. The quantitative estimate of drug-likeness (QED) is 0.536. The second-order valence-electron chi connectivity index (χ2n) is 8.73. The highest BCUT2D eigenvalue weighted by atomic mass is 16.7. The summed E-state index contributed by atoms with van der Waals surface area (Å²) in [6.07, 6.45) is 4.38. The molecule has 1 saturated heterocycles. The maximum absolute atomic E-state index is 13.3. The van der Waals surface area contributed by atoms with Crippen molar-refractivity contribution in [2.45, 2.75) is 25.7 Å². The number of hydrogen-bond donors (Lipinski definition) is 0. The molecule has 0 bridgehead atoms. The first-order chi connectivity index (χ1) is 17.1. The molecule has 0 atom stereocenters. The summed E-state index contributed by atoms with van der Waals surface area (Å²) in [6.45, 7) is 0.123. The molecule has 0 unspecified atom stereocenters. The van der Waals surface area contributed by atoms with Crippen LogP contribution in [0.25, 0.3) is 22.6 Å². The van der Waals surface area contributed by atoms with E-state index in [0.717, 1.165) is 33.0 Å². The van der Waals surface area contributed by atoms with E-state index in [4.69, 9.17) is 19.2 Å². The van der Waals surface area contributed by atoms with Crippen molar-refractivity contribution in [1.29, 1.82) is 0 Å². The van der Waals surface area contributed by atoms with Gasteiger partial charge < -0.3 is 14.2 Å². The second kappa shape index (κ2) is 8.54. The third-order valence-corrected chi connectivity index (χ3v) is 6.58. The van der Waals surface area contributed by atoms with Gasteiger partial charge in [-0.3, -0.25) is 14.5 Å². The number of fused-ring (bicyclic) bond motifs is 3. The van der Waals surface area contributed by atoms with Crippen LogP contribution < -0.4 is 9.47 Å². The average molecular weight is 470 g/mol. The molecule has 3 aromatic rings. The Morgan fingerprint density at radius 1 is 1.06 bits per heavy atom. The molecular weight excluding hydrogens is 448 g/mol. The highest BCUT2D eigenvalue weighted by Crippen LogP contribution is 2.39. The summed E-state index contributed by atoms with van der Waals surface area (Å²) in [4.78, 5) is 43.5. The number of hydrogen-bond acceptors (Lipinski definition) is 7. The van der Waals surface area contributed by atoms with Gasteiger partial charge in [-0.05, 0) is 60.2 Å². The Bertz CT molecular complexity index is 1430. The Kier molecular flexibility index (Phi) is 5.21. The van der Waals surface area contributed by atoms with Crippen LogP contribution in [0.3, 0.4) is 0 Å². The monoisotopic (exact) mass is 470 g/mol. The molecule has 2 aliphatic heterocycles. The summed E-state index contributed by atoms with van der Waals surface area (Å²) in [5.41, 5.74) is 4.65. The van der Waals surface area contributed by atoms with Crippen molar-refractivity contribution in [3.05, 3.63) is 64.8 Å². The van der Waals surface area contributed by atoms with Crippen LogP contribution in [0, 0.1) is 0 Å². The van der Waals surface area contributed by atoms with Gasteiger partial charge in [-0.25, -0.2) is 9.78 Å². The highest BCUT2D eigenvalue weighted by molar-refractivity contribution is 6.08. The molecule has 0 N–H and O–H groups in total. The van der Waals surface area contributed by atoms with E-state index in [1.165, 1.54) is 0 Å². The number of pyridine rings is 1. The standard InChI is InChI=1S/C27H22N2O6/c30-23-6-3-11-29(23)24(31)14-33-27(32)25-18-4-1-2-5-20(18)28-26-17(8-9-19(25)26)12-16-7-10-21-22(13-16)35-15-34-21/h1-2,4-5,7,10,12-13H,3,6,8-9,11,14-15H2/b17-12+. The molecule has 2 aromatic carbocycles. The lowest BCUT2D eigenvalue weighted by molar-refractivity contribution is -0.143. The molecule has 0 spiro atoms. The maximum atomic E-state index is 13.3. The number of allylic oxidation sites excluding steroid dienone is 1. The topological polar surface area (TPSA) is 95.0 Å². The Morgan fingerprint density at radius 2 is 1.91 bits per heavy atom. The fraction of sp³-hybridized carbons (Fsp3) is 0.259. The number of esters is 1. The minimum atomic E-state index is -0.579. The van der Waals surface area contributed by atoms with E-state index in [2.05, 4.69) is 0 Å². The van der Waals surface area contributed by atoms with Crippen LogP contribution in [0.5, 0.6) is 11.5 Å². The lowest BCUT2D eigenvalue weighted by atomic mass is 10.0. The Morgan fingerprint density at radius 3 is 2.77 bits per heavy atom. The summed E-state index contributed by atoms with van der Waals surface area (Å²) < 4.78 is 16.3. The second-order valence-corrected chi connectivity index (χ2v) is 8.73. The molecule has 3 heterocycles. The van der Waals surface area contributed by atoms with Gasteiger partial charge in [0.05, 0.1) is 16.8 Å². The van der Waals surface area contributed by atoms with Gasteiger partial charge in [-0.1, -0.05) is 24.3 Å². The summed E-state index contributed by atoms with van der Waals surface area (Å²) in [5.74, 6) is 0.135. The third-order valence-electron chi connectivity index (χ3n) is 6.58. The van der Waals surface area contributed by atoms with Crippen LogP contribution >= 0.6 is 0 Å². The predicted octanol–water partition coefficient (Wildman–Crippen LogP) is 3.76. The maximum Gasteiger partial charge on any atom is 0.339 e. The van der Waals surface area contributed by atoms with Gasteiger partial charge >= 0.3 is 5.97 Å². The SMILES string of the molecule is O=C(OCC(=O)N1CCCC1=O)c1c2c(nc3ccccc13)/C(=C/c1ccc3c(c1)OCO3)CC2. The first kappa shape index (κ1) is 21.3. The van der Waals surface area contributed by atoms with Crippen molar-refractivity contribution in [2.75, 3.05) is 19.9 Å². The van der Waals surface area contributed by atoms with Crippen LogP contribution in [0.1, 0.15) is 46.4 Å². The highest BCUT2D eigenvalue weighted by Gasteiger charge is 2.30. The van der Waals surface area contributed by atoms with Gasteiger partial charge in [-0.15, -0.1) is 0 Å². The zero-order valence-electron chi connectivity index (χ0n) is 18.9. The molecule has 0 radical (unpaired) electrons. The normalized spacial score (nSPS) is 17.3. The van der Waals surface area contributed by atoms with Crippen LogP contribution in [0.15, 0.2) is 42.5 Å². The number of likely N-dealkylation sites (tertiary alicyclic amines) is 1. The molecular formula is C27H22N2O6. The molecule has 8 nitrogen and oxygen atoms in total. The largest absolute Gasteiger partial charge is 0.454 e. The van der Waals surface area contributed by atoms with Crippen LogP contribution in [-0.2, 0) is 20.7 Å². The number of ether oxygens (including phenoxy) is 3. The van der Waals surface area contributed by atoms with Crippen molar-refractivity contribution < 1.29 is 28.6 Å². The first-order valence-electron chi connectivity index (χ1n) is 11.6. The van der Waals surface area contributed by atoms with Gasteiger partial charge in [0.2, 0.25) is 12.7 Å². The molecule has 176 valence electrons. The van der Waals surface area contributed by atoms with E-state index in [9.17, 15) is 14.4 Å². The number of aromatic nitrogens is 1. The smallest absolute Gasteiger partial charge is 0.339 e. The number of nitrogens with zero attached hydrogens (tertiary/aromatic N) is 2. The fourth-order valence-electron chi connectivity index (χ4n) is 4.91. The summed E-state index contributed by atoms with van der Waals surface area (Å²) >= 11 is 0. The Balaban J connectivity index is 1.34. The molecule has 1 fully saturated rings. The molecule has 1 aliphatic carbocycles. The van der Waals surface area contributed by atoms with E-state index < -0.39 is 18.5 Å². The van der Waals surface area contributed by atoms with E-state index in [1.54, 1.807) is 0 Å². The lowest BCUT2D eigenvalue weighted by Gasteiger charge is -2.15. The van der Waals surface area contributed by atoms with Crippen molar-refractivity contribution in [1.82, 2.24) is 9.88 Å². The molecule has 3 aliphatic rings. The Hall–Kier alpha value is -4.20. The molecule has 8 heteroatoms. The molecule has 1 aromatic heterocycles. The molecule has 6 rings (SSSR count). The molecule has 2 amide bonds. The number of rotatable bonds is 4. The predicted molar refractivity (Wildman–Crippen MR) is 127 cm³/mol. The summed E-state index contributed by atoms with van der Waals surface area (Å²) in [7, 11) is 0.